The van der Waals surface area contributed by atoms with Crippen molar-refractivity contribution in [2.24, 2.45) is 5.73 Å². The zero-order valence-electron chi connectivity index (χ0n) is 12.9. The average Bonchev–Trinajstić information content (AvgIpc) is 2.55. The van der Waals surface area contributed by atoms with Crippen molar-refractivity contribution in [3.8, 4) is 0 Å². The zero-order valence-corrected chi connectivity index (χ0v) is 13.7. The third-order valence-electron chi connectivity index (χ3n) is 3.51. The number of nitrogens with zero attached hydrogens (tertiary/aromatic N) is 1. The fraction of sp³-hybridized carbons (Fsp3) is 0.278. The number of carbonyl (C=O) groups excluding carboxylic acids is 1. The molecule has 0 atom stereocenters. The lowest BCUT2D eigenvalue weighted by atomic mass is 10.1. The Bertz CT molecular complexity index is 569. The molecule has 1 amide bonds. The molecule has 0 radical (unpaired) electrons. The van der Waals surface area contributed by atoms with Gasteiger partial charge >= 0.3 is 0 Å². The van der Waals surface area contributed by atoms with Gasteiger partial charge in [-0.1, -0.05) is 49.4 Å². The van der Waals surface area contributed by atoms with Crippen LogP contribution < -0.4 is 5.73 Å². The summed E-state index contributed by atoms with van der Waals surface area (Å²) in [6, 6.07) is 17.8. The number of hydrogen-bond donors (Lipinski definition) is 1. The number of nitrogens with two attached hydrogens (primary N) is 1. The minimum Gasteiger partial charge on any atom is -0.333 e. The molecule has 0 saturated heterocycles. The van der Waals surface area contributed by atoms with Gasteiger partial charge in [0.05, 0.1) is 0 Å². The van der Waals surface area contributed by atoms with Crippen molar-refractivity contribution in [1.82, 2.24) is 4.90 Å². The van der Waals surface area contributed by atoms with Crippen LogP contribution in [-0.2, 0) is 13.0 Å². The van der Waals surface area contributed by atoms with Crippen molar-refractivity contribution in [3.05, 3.63) is 71.3 Å². The Morgan fingerprint density at radius 3 is 2.18 bits per heavy atom. The van der Waals surface area contributed by atoms with Crippen LogP contribution in [0.2, 0.25) is 0 Å². The summed E-state index contributed by atoms with van der Waals surface area (Å²) in [7, 11) is 0. The zero-order chi connectivity index (χ0) is 15.1. The summed E-state index contributed by atoms with van der Waals surface area (Å²) in [6.07, 6.45) is 0.977. The molecule has 0 heterocycles. The molecule has 0 unspecified atom stereocenters. The normalized spacial score (nSPS) is 9.91. The number of benzene rings is 2. The molecule has 2 rings (SSSR count). The van der Waals surface area contributed by atoms with Crippen LogP contribution in [0.4, 0.5) is 0 Å². The van der Waals surface area contributed by atoms with E-state index in [9.17, 15) is 4.79 Å². The van der Waals surface area contributed by atoms with Gasteiger partial charge in [-0.05, 0) is 29.7 Å². The van der Waals surface area contributed by atoms with E-state index in [0.29, 0.717) is 19.6 Å². The minimum atomic E-state index is 0. The first-order valence-electron chi connectivity index (χ1n) is 7.36. The van der Waals surface area contributed by atoms with E-state index in [2.05, 4.69) is 6.92 Å². The average molecular weight is 319 g/mol. The molecule has 2 aromatic carbocycles. The van der Waals surface area contributed by atoms with Crippen LogP contribution in [-0.4, -0.2) is 23.9 Å². The largest absolute Gasteiger partial charge is 0.333 e. The Morgan fingerprint density at radius 1 is 1.00 bits per heavy atom. The highest BCUT2D eigenvalue weighted by Crippen LogP contribution is 2.11. The van der Waals surface area contributed by atoms with Crippen LogP contribution in [0.15, 0.2) is 54.6 Å². The van der Waals surface area contributed by atoms with Crippen molar-refractivity contribution in [3.63, 3.8) is 0 Å². The van der Waals surface area contributed by atoms with Crippen LogP contribution in [0.5, 0.6) is 0 Å². The van der Waals surface area contributed by atoms with E-state index < -0.39 is 0 Å². The number of halogens is 1. The minimum absolute atomic E-state index is 0. The lowest BCUT2D eigenvalue weighted by Crippen LogP contribution is -2.34. The number of amides is 1. The van der Waals surface area contributed by atoms with E-state index >= 15 is 0 Å². The second-order valence-corrected chi connectivity index (χ2v) is 5.05. The second-order valence-electron chi connectivity index (χ2n) is 5.05. The SMILES string of the molecule is CCc1ccc(C(=O)N(CCN)Cc2ccccc2)cc1.Cl. The quantitative estimate of drug-likeness (QED) is 0.888. The van der Waals surface area contributed by atoms with E-state index in [1.54, 1.807) is 4.90 Å². The summed E-state index contributed by atoms with van der Waals surface area (Å²) in [4.78, 5) is 14.4. The predicted octanol–water partition coefficient (Wildman–Crippen LogP) is 3.27. The molecular weight excluding hydrogens is 296 g/mol. The first-order valence-corrected chi connectivity index (χ1v) is 7.36. The third-order valence-corrected chi connectivity index (χ3v) is 3.51. The van der Waals surface area contributed by atoms with Gasteiger partial charge in [-0.25, -0.2) is 0 Å². The molecular formula is C18H23ClN2O. The molecule has 0 fully saturated rings. The van der Waals surface area contributed by atoms with Crippen molar-refractivity contribution in [2.75, 3.05) is 13.1 Å². The van der Waals surface area contributed by atoms with Crippen LogP contribution in [0, 0.1) is 0 Å². The maximum atomic E-state index is 12.6. The number of carbonyl (C=O) groups is 1. The molecule has 0 saturated carbocycles. The fourth-order valence-corrected chi connectivity index (χ4v) is 2.28. The van der Waals surface area contributed by atoms with Gasteiger partial charge in [0.2, 0.25) is 0 Å². The standard InChI is InChI=1S/C18H22N2O.ClH/c1-2-15-8-10-17(11-9-15)18(21)20(13-12-19)14-16-6-4-3-5-7-16;/h3-11H,2,12-14,19H2,1H3;1H. The lowest BCUT2D eigenvalue weighted by molar-refractivity contribution is 0.0748. The van der Waals surface area contributed by atoms with Gasteiger partial charge in [-0.3, -0.25) is 4.79 Å². The molecule has 4 heteroatoms. The molecule has 0 bridgehead atoms. The van der Waals surface area contributed by atoms with E-state index in [0.717, 1.165) is 17.5 Å². The molecule has 0 aliphatic heterocycles. The molecule has 0 aromatic heterocycles. The number of hydrogen-bond acceptors (Lipinski definition) is 2. The summed E-state index contributed by atoms with van der Waals surface area (Å²) in [5.74, 6) is 0.0342. The van der Waals surface area contributed by atoms with Crippen molar-refractivity contribution >= 4 is 18.3 Å². The van der Waals surface area contributed by atoms with Crippen LogP contribution in [0.1, 0.15) is 28.4 Å². The Balaban J connectivity index is 0.00000242. The highest BCUT2D eigenvalue weighted by atomic mass is 35.5. The topological polar surface area (TPSA) is 46.3 Å². The summed E-state index contributed by atoms with van der Waals surface area (Å²) >= 11 is 0. The third kappa shape index (κ3) is 4.86. The number of rotatable bonds is 6. The van der Waals surface area contributed by atoms with Gasteiger partial charge in [0, 0.05) is 25.2 Å². The Morgan fingerprint density at radius 2 is 1.64 bits per heavy atom. The van der Waals surface area contributed by atoms with Gasteiger partial charge in [0.1, 0.15) is 0 Å². The van der Waals surface area contributed by atoms with E-state index in [-0.39, 0.29) is 18.3 Å². The van der Waals surface area contributed by atoms with E-state index in [1.165, 1.54) is 5.56 Å². The predicted molar refractivity (Wildman–Crippen MR) is 93.3 cm³/mol. The monoisotopic (exact) mass is 318 g/mol. The number of aryl methyl sites for hydroxylation is 1. The Labute approximate surface area is 138 Å². The maximum absolute atomic E-state index is 12.6. The van der Waals surface area contributed by atoms with Crippen LogP contribution in [0.3, 0.4) is 0 Å². The molecule has 118 valence electrons. The first kappa shape index (κ1) is 18.2. The molecule has 2 aromatic rings. The Hall–Kier alpha value is -1.84. The van der Waals surface area contributed by atoms with Gasteiger partial charge < -0.3 is 10.6 Å². The van der Waals surface area contributed by atoms with Crippen LogP contribution in [0.25, 0.3) is 0 Å². The van der Waals surface area contributed by atoms with Crippen molar-refractivity contribution < 1.29 is 4.79 Å². The van der Waals surface area contributed by atoms with Gasteiger partial charge in [0.25, 0.3) is 5.91 Å². The molecule has 2 N–H and O–H groups in total. The lowest BCUT2D eigenvalue weighted by Gasteiger charge is -2.22. The van der Waals surface area contributed by atoms with Gasteiger partial charge in [-0.15, -0.1) is 12.4 Å². The van der Waals surface area contributed by atoms with E-state index in [4.69, 9.17) is 5.73 Å². The van der Waals surface area contributed by atoms with Gasteiger partial charge in [-0.2, -0.15) is 0 Å². The smallest absolute Gasteiger partial charge is 0.254 e. The first-order chi connectivity index (χ1) is 10.2. The molecule has 0 aliphatic rings. The molecule has 0 spiro atoms. The molecule has 3 nitrogen and oxygen atoms in total. The Kier molecular flexibility index (Phi) is 7.64. The highest BCUT2D eigenvalue weighted by molar-refractivity contribution is 5.94. The van der Waals surface area contributed by atoms with Crippen LogP contribution >= 0.6 is 12.4 Å². The summed E-state index contributed by atoms with van der Waals surface area (Å²) in [6.45, 7) is 3.72. The van der Waals surface area contributed by atoms with Crippen molar-refractivity contribution in [1.29, 1.82) is 0 Å². The summed E-state index contributed by atoms with van der Waals surface area (Å²) in [5.41, 5.74) is 8.72. The maximum Gasteiger partial charge on any atom is 0.254 e. The summed E-state index contributed by atoms with van der Waals surface area (Å²) < 4.78 is 0. The van der Waals surface area contributed by atoms with Crippen molar-refractivity contribution in [2.45, 2.75) is 19.9 Å². The fourth-order valence-electron chi connectivity index (χ4n) is 2.28. The van der Waals surface area contributed by atoms with Gasteiger partial charge in [0.15, 0.2) is 0 Å². The molecule has 22 heavy (non-hydrogen) atoms. The molecule has 0 aliphatic carbocycles. The van der Waals surface area contributed by atoms with E-state index in [1.807, 2.05) is 54.6 Å². The summed E-state index contributed by atoms with van der Waals surface area (Å²) in [5, 5.41) is 0. The highest BCUT2D eigenvalue weighted by Gasteiger charge is 2.15. The second kappa shape index (κ2) is 9.23.